The van der Waals surface area contributed by atoms with Crippen LogP contribution in [-0.2, 0) is 9.47 Å². The number of rotatable bonds is 2. The number of fused-ring (bicyclic) bond motifs is 1. The van der Waals surface area contributed by atoms with Crippen LogP contribution in [0.5, 0.6) is 0 Å². The zero-order valence-electron chi connectivity index (χ0n) is 8.54. The van der Waals surface area contributed by atoms with E-state index in [0.717, 1.165) is 0 Å². The molecule has 2 rings (SSSR count). The van der Waals surface area contributed by atoms with Crippen LogP contribution in [0.4, 0.5) is 0 Å². The Morgan fingerprint density at radius 1 is 1.40 bits per heavy atom. The third-order valence-electron chi connectivity index (χ3n) is 3.19. The molecular weight excluding hydrogens is 202 g/mol. The molecule has 2 saturated heterocycles. The monoisotopic (exact) mass is 219 g/mol. The first-order chi connectivity index (χ1) is 7.19. The molecule has 2 aliphatic rings. The third-order valence-corrected chi connectivity index (χ3v) is 3.19. The van der Waals surface area contributed by atoms with Gasteiger partial charge in [0.1, 0.15) is 24.4 Å². The highest BCUT2D eigenvalue weighted by atomic mass is 16.6. The summed E-state index contributed by atoms with van der Waals surface area (Å²) in [4.78, 5) is 0. The molecule has 2 fully saturated rings. The average Bonchev–Trinajstić information content (AvgIpc) is 2.66. The molecular formula is C9H17NO5. The van der Waals surface area contributed by atoms with Crippen LogP contribution in [0.1, 0.15) is 0 Å². The second kappa shape index (κ2) is 4.32. The maximum absolute atomic E-state index is 9.80. The van der Waals surface area contributed by atoms with Crippen LogP contribution in [0.3, 0.4) is 0 Å². The van der Waals surface area contributed by atoms with Crippen molar-refractivity contribution in [2.45, 2.75) is 36.6 Å². The molecule has 4 unspecified atom stereocenters. The molecule has 15 heavy (non-hydrogen) atoms. The molecule has 0 saturated carbocycles. The van der Waals surface area contributed by atoms with Gasteiger partial charge in [-0.15, -0.1) is 0 Å². The molecule has 0 aromatic rings. The van der Waals surface area contributed by atoms with Gasteiger partial charge >= 0.3 is 0 Å². The fourth-order valence-corrected chi connectivity index (χ4v) is 2.29. The summed E-state index contributed by atoms with van der Waals surface area (Å²) in [5.41, 5.74) is 0. The minimum atomic E-state index is -1.06. The number of hydrogen-bond acceptors (Lipinski definition) is 6. The van der Waals surface area contributed by atoms with Gasteiger partial charge in [0.15, 0.2) is 0 Å². The van der Waals surface area contributed by atoms with E-state index in [9.17, 15) is 10.2 Å². The smallest absolute Gasteiger partial charge is 0.110 e. The van der Waals surface area contributed by atoms with Crippen molar-refractivity contribution in [3.8, 4) is 0 Å². The Balaban J connectivity index is 2.11. The SMILES string of the molecule is COC1CNC2C(O)[C@@H](O)C(CO)O[C@H]12. The van der Waals surface area contributed by atoms with Gasteiger partial charge in [0.05, 0.1) is 18.8 Å². The number of methoxy groups -OCH3 is 1. The zero-order chi connectivity index (χ0) is 11.0. The van der Waals surface area contributed by atoms with Gasteiger partial charge in [0.2, 0.25) is 0 Å². The Labute approximate surface area is 87.8 Å². The highest BCUT2D eigenvalue weighted by molar-refractivity contribution is 5.03. The fourth-order valence-electron chi connectivity index (χ4n) is 2.29. The van der Waals surface area contributed by atoms with Gasteiger partial charge in [-0.05, 0) is 0 Å². The van der Waals surface area contributed by atoms with E-state index < -0.39 is 18.3 Å². The predicted molar refractivity (Wildman–Crippen MR) is 50.3 cm³/mol. The Morgan fingerprint density at radius 2 is 2.13 bits per heavy atom. The fraction of sp³-hybridized carbons (Fsp3) is 1.00. The summed E-state index contributed by atoms with van der Waals surface area (Å²) in [7, 11) is 1.57. The normalized spacial score (nSPS) is 50.4. The molecule has 0 radical (unpaired) electrons. The first-order valence-corrected chi connectivity index (χ1v) is 5.07. The first-order valence-electron chi connectivity index (χ1n) is 5.07. The zero-order valence-corrected chi connectivity index (χ0v) is 8.54. The average molecular weight is 219 g/mol. The minimum Gasteiger partial charge on any atom is -0.394 e. The quantitative estimate of drug-likeness (QED) is 0.409. The molecule has 0 aliphatic carbocycles. The number of nitrogens with one attached hydrogen (secondary N) is 1. The van der Waals surface area contributed by atoms with E-state index in [0.29, 0.717) is 6.54 Å². The number of ether oxygens (including phenoxy) is 2. The van der Waals surface area contributed by atoms with Crippen molar-refractivity contribution in [1.29, 1.82) is 0 Å². The van der Waals surface area contributed by atoms with Crippen LogP contribution in [0, 0.1) is 0 Å². The minimum absolute atomic E-state index is 0.147. The third kappa shape index (κ3) is 1.77. The first kappa shape index (κ1) is 11.3. The number of hydrogen-bond donors (Lipinski definition) is 4. The maximum Gasteiger partial charge on any atom is 0.110 e. The Hall–Kier alpha value is -0.240. The lowest BCUT2D eigenvalue weighted by atomic mass is 9.93. The van der Waals surface area contributed by atoms with E-state index in [2.05, 4.69) is 5.32 Å². The molecule has 2 aliphatic heterocycles. The van der Waals surface area contributed by atoms with Crippen molar-refractivity contribution in [1.82, 2.24) is 5.32 Å². The van der Waals surface area contributed by atoms with Crippen LogP contribution < -0.4 is 5.32 Å². The molecule has 0 aromatic carbocycles. The molecule has 6 nitrogen and oxygen atoms in total. The van der Waals surface area contributed by atoms with E-state index in [4.69, 9.17) is 14.6 Å². The highest BCUT2D eigenvalue weighted by Gasteiger charge is 2.50. The maximum atomic E-state index is 9.80. The van der Waals surface area contributed by atoms with Crippen molar-refractivity contribution in [3.63, 3.8) is 0 Å². The summed E-state index contributed by atoms with van der Waals surface area (Å²) in [6, 6.07) is -0.326. The lowest BCUT2D eigenvalue weighted by molar-refractivity contribution is -0.201. The number of aliphatic hydroxyl groups excluding tert-OH is 3. The predicted octanol–water partition coefficient (Wildman–Crippen LogP) is -2.55. The number of aliphatic hydroxyl groups is 3. The molecule has 0 aromatic heterocycles. The van der Waals surface area contributed by atoms with Crippen LogP contribution in [0.2, 0.25) is 0 Å². The molecule has 4 N–H and O–H groups in total. The van der Waals surface area contributed by atoms with E-state index in [-0.39, 0.29) is 24.9 Å². The summed E-state index contributed by atoms with van der Waals surface area (Å²) in [6.07, 6.45) is -3.18. The van der Waals surface area contributed by atoms with Gasteiger partial charge in [-0.2, -0.15) is 0 Å². The lowest BCUT2D eigenvalue weighted by Crippen LogP contribution is -2.61. The van der Waals surface area contributed by atoms with E-state index in [1.807, 2.05) is 0 Å². The largest absolute Gasteiger partial charge is 0.394 e. The Morgan fingerprint density at radius 3 is 2.73 bits per heavy atom. The van der Waals surface area contributed by atoms with E-state index >= 15 is 0 Å². The van der Waals surface area contributed by atoms with Gasteiger partial charge in [-0.3, -0.25) is 0 Å². The van der Waals surface area contributed by atoms with Crippen LogP contribution in [-0.4, -0.2) is 72.1 Å². The van der Waals surface area contributed by atoms with Crippen LogP contribution in [0.25, 0.3) is 0 Å². The van der Waals surface area contributed by atoms with Crippen molar-refractivity contribution >= 4 is 0 Å². The second-order valence-electron chi connectivity index (χ2n) is 4.01. The Kier molecular flexibility index (Phi) is 3.24. The van der Waals surface area contributed by atoms with Gasteiger partial charge in [0.25, 0.3) is 0 Å². The summed E-state index contributed by atoms with van der Waals surface area (Å²) >= 11 is 0. The summed E-state index contributed by atoms with van der Waals surface area (Å²) in [5.74, 6) is 0. The van der Waals surface area contributed by atoms with Gasteiger partial charge in [-0.25, -0.2) is 0 Å². The second-order valence-corrected chi connectivity index (χ2v) is 4.01. The van der Waals surface area contributed by atoms with Crippen LogP contribution >= 0.6 is 0 Å². The topological polar surface area (TPSA) is 91.2 Å². The molecule has 0 bridgehead atoms. The highest BCUT2D eigenvalue weighted by Crippen LogP contribution is 2.27. The van der Waals surface area contributed by atoms with Crippen LogP contribution in [0.15, 0.2) is 0 Å². The van der Waals surface area contributed by atoms with Crippen molar-refractivity contribution in [2.75, 3.05) is 20.3 Å². The molecule has 2 heterocycles. The molecule has 6 atom stereocenters. The van der Waals surface area contributed by atoms with E-state index in [1.165, 1.54) is 0 Å². The van der Waals surface area contributed by atoms with Gasteiger partial charge in [0, 0.05) is 13.7 Å². The lowest BCUT2D eigenvalue weighted by Gasteiger charge is -2.40. The molecule has 0 amide bonds. The molecule has 88 valence electrons. The van der Waals surface area contributed by atoms with Crippen molar-refractivity contribution < 1.29 is 24.8 Å². The Bertz CT molecular complexity index is 227. The standard InChI is InChI=1S/C9H17NO5/c1-14-4-2-10-6-8(13)7(12)5(3-11)15-9(4)6/h4-13H,2-3H2,1H3/t4?,5?,6?,7-,8?,9+/m0/s1. The molecule has 0 spiro atoms. The summed E-state index contributed by atoms with van der Waals surface area (Å²) < 4.78 is 10.7. The van der Waals surface area contributed by atoms with E-state index in [1.54, 1.807) is 7.11 Å². The van der Waals surface area contributed by atoms with Crippen molar-refractivity contribution in [2.24, 2.45) is 0 Å². The van der Waals surface area contributed by atoms with Gasteiger partial charge < -0.3 is 30.1 Å². The summed E-state index contributed by atoms with van der Waals surface area (Å²) in [5, 5.41) is 31.5. The molecule has 6 heteroatoms. The van der Waals surface area contributed by atoms with Crippen molar-refractivity contribution in [3.05, 3.63) is 0 Å². The summed E-state index contributed by atoms with van der Waals surface area (Å²) in [6.45, 7) is 0.269. The van der Waals surface area contributed by atoms with Gasteiger partial charge in [-0.1, -0.05) is 0 Å².